The lowest BCUT2D eigenvalue weighted by Gasteiger charge is -2.39. The minimum atomic E-state index is -1.88. The van der Waals surface area contributed by atoms with Gasteiger partial charge in [0.15, 0.2) is 0 Å². The molecule has 0 spiro atoms. The summed E-state index contributed by atoms with van der Waals surface area (Å²) in [6.07, 6.45) is 2.66. The Bertz CT molecular complexity index is 1040. The number of carbonyl (C=O) groups is 1. The fraction of sp³-hybridized carbons (Fsp3) is 0.278. The van der Waals surface area contributed by atoms with Gasteiger partial charge in [-0.2, -0.15) is 5.10 Å². The number of fused-ring (bicyclic) bond motifs is 1. The van der Waals surface area contributed by atoms with Gasteiger partial charge in [0.1, 0.15) is 29.9 Å². The Morgan fingerprint density at radius 2 is 2.18 bits per heavy atom. The van der Waals surface area contributed by atoms with E-state index in [0.29, 0.717) is 15.3 Å². The molecule has 3 aromatic rings. The largest absolute Gasteiger partial charge is 0.381 e. The molecule has 6 nitrogen and oxygen atoms in total. The van der Waals surface area contributed by atoms with Crippen LogP contribution in [0, 0.1) is 11.6 Å². The maximum atomic E-state index is 14.6. The molecule has 2 aromatic heterocycles. The molecule has 1 N–H and O–H groups in total. The monoisotopic (exact) mass is 424 g/mol. The van der Waals surface area contributed by atoms with Gasteiger partial charge in [0.2, 0.25) is 0 Å². The molecular weight excluding hydrogens is 410 g/mol. The predicted octanol–water partition coefficient (Wildman–Crippen LogP) is 3.20. The fourth-order valence-corrected chi connectivity index (χ4v) is 4.71. The molecule has 0 unspecified atom stereocenters. The maximum absolute atomic E-state index is 14.6. The molecule has 0 fully saturated rings. The topological polar surface area (TPSA) is 71.2 Å². The Kier molecular flexibility index (Phi) is 4.68. The number of halogens is 3. The Labute approximate surface area is 168 Å². The number of hydrogen-bond acceptors (Lipinski definition) is 5. The van der Waals surface area contributed by atoms with Crippen LogP contribution in [0.2, 0.25) is 4.34 Å². The number of rotatable bonds is 5. The van der Waals surface area contributed by atoms with E-state index >= 15 is 0 Å². The molecule has 0 saturated heterocycles. The van der Waals surface area contributed by atoms with Gasteiger partial charge < -0.3 is 10.0 Å². The number of aromatic nitrogens is 3. The molecule has 2 atom stereocenters. The third-order valence-corrected chi connectivity index (χ3v) is 6.29. The van der Waals surface area contributed by atoms with Gasteiger partial charge in [-0.1, -0.05) is 17.7 Å². The van der Waals surface area contributed by atoms with Crippen molar-refractivity contribution in [1.29, 1.82) is 0 Å². The molecule has 0 saturated carbocycles. The first kappa shape index (κ1) is 19.0. The van der Waals surface area contributed by atoms with E-state index < -0.39 is 23.3 Å². The van der Waals surface area contributed by atoms with E-state index in [1.54, 1.807) is 13.0 Å². The van der Waals surface area contributed by atoms with E-state index in [1.807, 2.05) is 0 Å². The predicted molar refractivity (Wildman–Crippen MR) is 98.9 cm³/mol. The Balaban J connectivity index is 1.75. The number of thiophene rings is 1. The summed E-state index contributed by atoms with van der Waals surface area (Å²) in [6, 6.07) is 3.82. The Hall–Kier alpha value is -2.36. The Morgan fingerprint density at radius 1 is 1.39 bits per heavy atom. The average Bonchev–Trinajstić information content (AvgIpc) is 3.33. The summed E-state index contributed by atoms with van der Waals surface area (Å²) in [5, 5.41) is 15.5. The van der Waals surface area contributed by atoms with Crippen LogP contribution in [0.3, 0.4) is 0 Å². The zero-order chi connectivity index (χ0) is 20.1. The number of nitrogens with zero attached hydrogens (tertiary/aromatic N) is 4. The van der Waals surface area contributed by atoms with Crippen molar-refractivity contribution in [2.75, 3.05) is 0 Å². The maximum Gasteiger partial charge on any atom is 0.264 e. The van der Waals surface area contributed by atoms with Gasteiger partial charge in [-0.15, -0.1) is 11.3 Å². The summed E-state index contributed by atoms with van der Waals surface area (Å²) in [7, 11) is 0. The second-order valence-electron chi connectivity index (χ2n) is 6.66. The minimum Gasteiger partial charge on any atom is -0.381 e. The van der Waals surface area contributed by atoms with E-state index in [-0.39, 0.29) is 24.6 Å². The normalized spacial score (nSPS) is 16.9. The molecule has 4 rings (SSSR count). The standard InChI is InChI=1S/C18H15ClF2N4O2S/c1-10(25-6-11-4-15(19)28-16(11)17(25)26)18(27,7-24-9-22-8-23-24)13-3-2-12(20)5-14(13)21/h2-5,8-10,27H,6-7H2,1H3/t10-,18-/m1/s1. The second kappa shape index (κ2) is 6.91. The smallest absolute Gasteiger partial charge is 0.264 e. The molecule has 0 aliphatic carbocycles. The third-order valence-electron chi connectivity index (χ3n) is 5.00. The zero-order valence-corrected chi connectivity index (χ0v) is 16.2. The quantitative estimate of drug-likeness (QED) is 0.682. The molecule has 10 heteroatoms. The van der Waals surface area contributed by atoms with Crippen molar-refractivity contribution in [2.24, 2.45) is 0 Å². The van der Waals surface area contributed by atoms with Crippen LogP contribution < -0.4 is 0 Å². The van der Waals surface area contributed by atoms with E-state index in [1.165, 1.54) is 28.3 Å². The highest BCUT2D eigenvalue weighted by Gasteiger charge is 2.46. The summed E-state index contributed by atoms with van der Waals surface area (Å²) in [5.74, 6) is -1.95. The number of amides is 1. The Morgan fingerprint density at radius 3 is 2.82 bits per heavy atom. The van der Waals surface area contributed by atoms with Crippen LogP contribution >= 0.6 is 22.9 Å². The van der Waals surface area contributed by atoms with Gasteiger partial charge in [-0.05, 0) is 24.6 Å². The fourth-order valence-electron chi connectivity index (χ4n) is 3.49. The van der Waals surface area contributed by atoms with E-state index in [0.717, 1.165) is 23.0 Å². The molecule has 146 valence electrons. The van der Waals surface area contributed by atoms with Gasteiger partial charge in [0, 0.05) is 18.2 Å². The van der Waals surface area contributed by atoms with Crippen molar-refractivity contribution in [3.8, 4) is 0 Å². The van der Waals surface area contributed by atoms with E-state index in [4.69, 9.17) is 11.6 Å². The average molecular weight is 425 g/mol. The molecular formula is C18H15ClF2N4O2S. The molecule has 0 bridgehead atoms. The lowest BCUT2D eigenvalue weighted by atomic mass is 9.85. The van der Waals surface area contributed by atoms with Crippen molar-refractivity contribution >= 4 is 28.8 Å². The summed E-state index contributed by atoms with van der Waals surface area (Å²) in [5.41, 5.74) is -1.24. The van der Waals surface area contributed by atoms with Crippen molar-refractivity contribution in [2.45, 2.75) is 31.7 Å². The number of hydrogen-bond donors (Lipinski definition) is 1. The number of carbonyl (C=O) groups excluding carboxylic acids is 1. The number of benzene rings is 1. The molecule has 0 radical (unpaired) electrons. The van der Waals surface area contributed by atoms with Crippen molar-refractivity contribution in [3.05, 3.63) is 68.9 Å². The molecule has 28 heavy (non-hydrogen) atoms. The molecule has 3 heterocycles. The summed E-state index contributed by atoms with van der Waals surface area (Å²) in [6.45, 7) is 1.69. The first-order valence-electron chi connectivity index (χ1n) is 8.39. The van der Waals surface area contributed by atoms with Crippen LogP contribution in [-0.2, 0) is 18.7 Å². The van der Waals surface area contributed by atoms with Gasteiger partial charge in [0.25, 0.3) is 5.91 Å². The van der Waals surface area contributed by atoms with Crippen LogP contribution in [0.25, 0.3) is 0 Å². The highest BCUT2D eigenvalue weighted by molar-refractivity contribution is 7.18. The number of aliphatic hydroxyl groups is 1. The van der Waals surface area contributed by atoms with Crippen molar-refractivity contribution in [3.63, 3.8) is 0 Å². The third kappa shape index (κ3) is 3.09. The highest BCUT2D eigenvalue weighted by Crippen LogP contribution is 2.39. The van der Waals surface area contributed by atoms with Gasteiger partial charge in [-0.25, -0.2) is 18.4 Å². The SMILES string of the molecule is C[C@@H](N1Cc2cc(Cl)sc2C1=O)[C@](O)(Cn1cncn1)c1ccc(F)cc1F. The van der Waals surface area contributed by atoms with Crippen molar-refractivity contribution < 1.29 is 18.7 Å². The van der Waals surface area contributed by atoms with Gasteiger partial charge in [0.05, 0.1) is 21.8 Å². The highest BCUT2D eigenvalue weighted by atomic mass is 35.5. The second-order valence-corrected chi connectivity index (χ2v) is 8.34. The zero-order valence-electron chi connectivity index (χ0n) is 14.6. The summed E-state index contributed by atoms with van der Waals surface area (Å²) in [4.78, 5) is 18.6. The van der Waals surface area contributed by atoms with Crippen LogP contribution in [-0.4, -0.2) is 36.7 Å². The van der Waals surface area contributed by atoms with Gasteiger partial charge in [-0.3, -0.25) is 4.79 Å². The van der Waals surface area contributed by atoms with Crippen LogP contribution in [0.15, 0.2) is 36.9 Å². The summed E-state index contributed by atoms with van der Waals surface area (Å²) < 4.78 is 29.9. The van der Waals surface area contributed by atoms with Gasteiger partial charge >= 0.3 is 0 Å². The molecule has 1 aromatic carbocycles. The first-order chi connectivity index (χ1) is 13.3. The van der Waals surface area contributed by atoms with Crippen LogP contribution in [0.1, 0.15) is 27.7 Å². The minimum absolute atomic E-state index is 0.127. The lowest BCUT2D eigenvalue weighted by molar-refractivity contribution is -0.0556. The molecule has 1 amide bonds. The molecule has 1 aliphatic rings. The van der Waals surface area contributed by atoms with E-state index in [2.05, 4.69) is 10.1 Å². The van der Waals surface area contributed by atoms with E-state index in [9.17, 15) is 18.7 Å². The summed E-state index contributed by atoms with van der Waals surface area (Å²) >= 11 is 7.15. The van der Waals surface area contributed by atoms with Crippen LogP contribution in [0.4, 0.5) is 8.78 Å². The van der Waals surface area contributed by atoms with Crippen LogP contribution in [0.5, 0.6) is 0 Å². The van der Waals surface area contributed by atoms with Crippen molar-refractivity contribution in [1.82, 2.24) is 19.7 Å². The lowest BCUT2D eigenvalue weighted by Crippen LogP contribution is -2.52. The first-order valence-corrected chi connectivity index (χ1v) is 9.58. The molecule has 1 aliphatic heterocycles.